The molecule has 124 valence electrons. The van der Waals surface area contributed by atoms with Gasteiger partial charge in [-0.2, -0.15) is 0 Å². The average Bonchev–Trinajstić information content (AvgIpc) is 3.01. The zero-order valence-corrected chi connectivity index (χ0v) is 13.5. The Kier molecular flexibility index (Phi) is 5.03. The molecule has 0 aliphatic carbocycles. The Hall–Kier alpha value is -2.50. The third-order valence-corrected chi connectivity index (χ3v) is 3.70. The number of benzene rings is 2. The Morgan fingerprint density at radius 1 is 1.21 bits per heavy atom. The molecule has 0 aliphatic heterocycles. The molecule has 1 heterocycles. The van der Waals surface area contributed by atoms with Crippen LogP contribution in [0.5, 0.6) is 5.75 Å². The summed E-state index contributed by atoms with van der Waals surface area (Å²) in [7, 11) is 0. The van der Waals surface area contributed by atoms with Crippen LogP contribution in [0.4, 0.5) is 0 Å². The summed E-state index contributed by atoms with van der Waals surface area (Å²) in [6.07, 6.45) is 0. The Labute approximate surface area is 143 Å². The first kappa shape index (κ1) is 16.4. The van der Waals surface area contributed by atoms with E-state index in [2.05, 4.69) is 5.32 Å². The second-order valence-electron chi connectivity index (χ2n) is 5.16. The fraction of sp³-hybridized carbons (Fsp3) is 0.167. The molecule has 0 radical (unpaired) electrons. The van der Waals surface area contributed by atoms with Crippen LogP contribution < -0.4 is 10.1 Å². The van der Waals surface area contributed by atoms with Crippen molar-refractivity contribution in [3.8, 4) is 5.75 Å². The SMILES string of the molecule is O=C(NCc1ccccc1OCCO)c1cc2cc(Cl)ccc2o1. The van der Waals surface area contributed by atoms with E-state index in [1.165, 1.54) is 0 Å². The van der Waals surface area contributed by atoms with Crippen molar-refractivity contribution in [2.75, 3.05) is 13.2 Å². The summed E-state index contributed by atoms with van der Waals surface area (Å²) in [6, 6.07) is 14.2. The highest BCUT2D eigenvalue weighted by molar-refractivity contribution is 6.31. The van der Waals surface area contributed by atoms with Crippen LogP contribution in [0.2, 0.25) is 5.02 Å². The Morgan fingerprint density at radius 2 is 2.04 bits per heavy atom. The highest BCUT2D eigenvalue weighted by atomic mass is 35.5. The van der Waals surface area contributed by atoms with Crippen LogP contribution in [0.3, 0.4) is 0 Å². The smallest absolute Gasteiger partial charge is 0.287 e. The highest BCUT2D eigenvalue weighted by Gasteiger charge is 2.13. The molecule has 1 aromatic heterocycles. The Bertz CT molecular complexity index is 859. The molecule has 2 N–H and O–H groups in total. The summed E-state index contributed by atoms with van der Waals surface area (Å²) in [5.41, 5.74) is 1.43. The predicted molar refractivity (Wildman–Crippen MR) is 91.4 cm³/mol. The molecule has 0 fully saturated rings. The lowest BCUT2D eigenvalue weighted by Crippen LogP contribution is -2.22. The summed E-state index contributed by atoms with van der Waals surface area (Å²) in [6.45, 7) is 0.426. The van der Waals surface area contributed by atoms with Crippen LogP contribution in [0, 0.1) is 0 Å². The molecular formula is C18H16ClNO4. The maximum absolute atomic E-state index is 12.3. The molecule has 1 amide bonds. The highest BCUT2D eigenvalue weighted by Crippen LogP contribution is 2.23. The monoisotopic (exact) mass is 345 g/mol. The topological polar surface area (TPSA) is 71.7 Å². The standard InChI is InChI=1S/C18H16ClNO4/c19-14-5-6-16-13(9-14)10-17(24-16)18(22)20-11-12-3-1-2-4-15(12)23-8-7-21/h1-6,9-10,21H,7-8,11H2,(H,20,22). The lowest BCUT2D eigenvalue weighted by Gasteiger charge is -2.10. The molecule has 5 nitrogen and oxygen atoms in total. The number of hydrogen-bond donors (Lipinski definition) is 2. The van der Waals surface area contributed by atoms with E-state index in [1.807, 2.05) is 18.2 Å². The van der Waals surface area contributed by atoms with Crippen molar-refractivity contribution in [1.29, 1.82) is 0 Å². The minimum atomic E-state index is -0.320. The number of furan rings is 1. The predicted octanol–water partition coefficient (Wildman–Crippen LogP) is 3.39. The second-order valence-corrected chi connectivity index (χ2v) is 5.59. The van der Waals surface area contributed by atoms with E-state index in [1.54, 1.807) is 30.3 Å². The van der Waals surface area contributed by atoms with Gasteiger partial charge in [0.1, 0.15) is 17.9 Å². The lowest BCUT2D eigenvalue weighted by molar-refractivity contribution is 0.0925. The van der Waals surface area contributed by atoms with Crippen LogP contribution in [-0.4, -0.2) is 24.2 Å². The molecule has 0 aliphatic rings. The molecule has 24 heavy (non-hydrogen) atoms. The number of rotatable bonds is 6. The number of hydrogen-bond acceptors (Lipinski definition) is 4. The van der Waals surface area contributed by atoms with Crippen LogP contribution >= 0.6 is 11.6 Å². The van der Waals surface area contributed by atoms with E-state index in [0.717, 1.165) is 10.9 Å². The molecule has 0 saturated carbocycles. The fourth-order valence-electron chi connectivity index (χ4n) is 2.34. The van der Waals surface area contributed by atoms with Crippen molar-refractivity contribution in [3.63, 3.8) is 0 Å². The van der Waals surface area contributed by atoms with E-state index >= 15 is 0 Å². The summed E-state index contributed by atoms with van der Waals surface area (Å²) in [4.78, 5) is 12.3. The molecule has 3 aromatic rings. The van der Waals surface area contributed by atoms with Gasteiger partial charge in [0.15, 0.2) is 5.76 Å². The first-order valence-electron chi connectivity index (χ1n) is 7.46. The Morgan fingerprint density at radius 3 is 2.88 bits per heavy atom. The van der Waals surface area contributed by atoms with Crippen molar-refractivity contribution < 1.29 is 19.1 Å². The van der Waals surface area contributed by atoms with Crippen molar-refractivity contribution in [3.05, 3.63) is 64.9 Å². The van der Waals surface area contributed by atoms with Gasteiger partial charge in [-0.05, 0) is 30.3 Å². The number of nitrogens with one attached hydrogen (secondary N) is 1. The summed E-state index contributed by atoms with van der Waals surface area (Å²) >= 11 is 5.93. The number of carbonyl (C=O) groups excluding carboxylic acids is 1. The Balaban J connectivity index is 1.70. The molecule has 0 atom stereocenters. The number of aliphatic hydroxyl groups excluding tert-OH is 1. The molecule has 0 unspecified atom stereocenters. The van der Waals surface area contributed by atoms with Crippen molar-refractivity contribution >= 4 is 28.5 Å². The van der Waals surface area contributed by atoms with Crippen LogP contribution in [0.15, 0.2) is 52.9 Å². The van der Waals surface area contributed by atoms with E-state index < -0.39 is 0 Å². The van der Waals surface area contributed by atoms with Crippen LogP contribution in [-0.2, 0) is 6.54 Å². The van der Waals surface area contributed by atoms with Gasteiger partial charge in [-0.3, -0.25) is 4.79 Å². The summed E-state index contributed by atoms with van der Waals surface area (Å²) < 4.78 is 11.0. The maximum atomic E-state index is 12.3. The maximum Gasteiger partial charge on any atom is 0.287 e. The van der Waals surface area contributed by atoms with Gasteiger partial charge in [0.2, 0.25) is 0 Å². The van der Waals surface area contributed by atoms with Crippen molar-refractivity contribution in [2.24, 2.45) is 0 Å². The van der Waals surface area contributed by atoms with Crippen molar-refractivity contribution in [2.45, 2.75) is 6.54 Å². The van der Waals surface area contributed by atoms with Crippen molar-refractivity contribution in [1.82, 2.24) is 5.32 Å². The van der Waals surface area contributed by atoms with Gasteiger partial charge in [-0.25, -0.2) is 0 Å². The van der Waals surface area contributed by atoms with Gasteiger partial charge >= 0.3 is 0 Å². The summed E-state index contributed by atoms with van der Waals surface area (Å²) in [5.74, 6) is 0.531. The average molecular weight is 346 g/mol. The zero-order chi connectivity index (χ0) is 16.9. The molecule has 6 heteroatoms. The van der Waals surface area contributed by atoms with E-state index in [-0.39, 0.29) is 31.4 Å². The minimum absolute atomic E-state index is 0.0672. The van der Waals surface area contributed by atoms with E-state index in [9.17, 15) is 4.79 Å². The minimum Gasteiger partial charge on any atom is -0.491 e. The molecule has 0 saturated heterocycles. The van der Waals surface area contributed by atoms with Gasteiger partial charge < -0.3 is 19.6 Å². The van der Waals surface area contributed by atoms with Gasteiger partial charge in [-0.15, -0.1) is 0 Å². The fourth-order valence-corrected chi connectivity index (χ4v) is 2.52. The third-order valence-electron chi connectivity index (χ3n) is 3.46. The lowest BCUT2D eigenvalue weighted by atomic mass is 10.2. The van der Waals surface area contributed by atoms with E-state index in [0.29, 0.717) is 16.4 Å². The third kappa shape index (κ3) is 3.69. The quantitative estimate of drug-likeness (QED) is 0.718. The first-order chi connectivity index (χ1) is 11.7. The van der Waals surface area contributed by atoms with Gasteiger partial charge in [-0.1, -0.05) is 29.8 Å². The summed E-state index contributed by atoms with van der Waals surface area (Å²) in [5, 5.41) is 13.0. The van der Waals surface area contributed by atoms with E-state index in [4.69, 9.17) is 25.9 Å². The molecule has 3 rings (SSSR count). The number of para-hydroxylation sites is 1. The number of ether oxygens (including phenoxy) is 1. The normalized spacial score (nSPS) is 10.8. The number of amides is 1. The van der Waals surface area contributed by atoms with Gasteiger partial charge in [0.05, 0.1) is 6.61 Å². The number of fused-ring (bicyclic) bond motifs is 1. The van der Waals surface area contributed by atoms with Gasteiger partial charge in [0.25, 0.3) is 5.91 Å². The number of carbonyl (C=O) groups is 1. The number of aliphatic hydroxyl groups is 1. The second kappa shape index (κ2) is 7.38. The van der Waals surface area contributed by atoms with Crippen LogP contribution in [0.25, 0.3) is 11.0 Å². The first-order valence-corrected chi connectivity index (χ1v) is 7.84. The molecular weight excluding hydrogens is 330 g/mol. The molecule has 0 spiro atoms. The van der Waals surface area contributed by atoms with Gasteiger partial charge in [0, 0.05) is 22.5 Å². The zero-order valence-electron chi connectivity index (χ0n) is 12.8. The van der Waals surface area contributed by atoms with Crippen LogP contribution in [0.1, 0.15) is 16.1 Å². The molecule has 0 bridgehead atoms. The molecule has 2 aromatic carbocycles. The largest absolute Gasteiger partial charge is 0.491 e. The number of halogens is 1.